The molecule has 0 aliphatic carbocycles. The Labute approximate surface area is 118 Å². The summed E-state index contributed by atoms with van der Waals surface area (Å²) in [6.45, 7) is 2.15. The second-order valence-electron chi connectivity index (χ2n) is 3.94. The van der Waals surface area contributed by atoms with Gasteiger partial charge in [-0.2, -0.15) is 0 Å². The Hall–Kier alpha value is -1.03. The lowest BCUT2D eigenvalue weighted by atomic mass is 10.2. The van der Waals surface area contributed by atoms with Crippen molar-refractivity contribution < 1.29 is 9.53 Å². The van der Waals surface area contributed by atoms with Crippen LogP contribution in [0.15, 0.2) is 28.7 Å². The summed E-state index contributed by atoms with van der Waals surface area (Å²) in [6.07, 6.45) is 5.13. The number of esters is 1. The summed E-state index contributed by atoms with van der Waals surface area (Å²) in [5, 5.41) is 0. The highest BCUT2D eigenvalue weighted by Gasteiger charge is 1.97. The lowest BCUT2D eigenvalue weighted by Crippen LogP contribution is -1.98. The van der Waals surface area contributed by atoms with Crippen molar-refractivity contribution in [1.29, 1.82) is 0 Å². The maximum atomic E-state index is 10.6. The number of anilines is 1. The van der Waals surface area contributed by atoms with Crippen molar-refractivity contribution in [1.82, 2.24) is 0 Å². The number of nitrogen functional groups attached to an aromatic ring is 1. The van der Waals surface area contributed by atoms with Gasteiger partial charge in [0.25, 0.3) is 0 Å². The summed E-state index contributed by atoms with van der Waals surface area (Å²) in [5.74, 6) is -0.0869. The molecule has 0 aliphatic heterocycles. The highest BCUT2D eigenvalue weighted by Crippen LogP contribution is 2.11. The van der Waals surface area contributed by atoms with Gasteiger partial charge in [0, 0.05) is 16.6 Å². The highest BCUT2D eigenvalue weighted by molar-refractivity contribution is 9.10. The molecule has 0 amide bonds. The summed E-state index contributed by atoms with van der Waals surface area (Å²) < 4.78 is 5.52. The highest BCUT2D eigenvalue weighted by atomic mass is 79.9. The third-order valence-corrected chi connectivity index (χ3v) is 2.80. The molecule has 0 aromatic heterocycles. The molecular formula is C14H22BrNO2. The van der Waals surface area contributed by atoms with E-state index >= 15 is 0 Å². The first-order valence-corrected chi connectivity index (χ1v) is 6.97. The Kier molecular flexibility index (Phi) is 10.4. The van der Waals surface area contributed by atoms with E-state index in [-0.39, 0.29) is 5.97 Å². The Morgan fingerprint density at radius 2 is 2.06 bits per heavy atom. The maximum Gasteiger partial charge on any atom is 0.305 e. The average molecular weight is 316 g/mol. The third kappa shape index (κ3) is 10.1. The predicted octanol–water partition coefficient (Wildman–Crippen LogP) is 4.16. The molecule has 0 saturated carbocycles. The van der Waals surface area contributed by atoms with Gasteiger partial charge in [-0.3, -0.25) is 4.79 Å². The zero-order valence-electron chi connectivity index (χ0n) is 11.1. The Morgan fingerprint density at radius 1 is 1.33 bits per heavy atom. The van der Waals surface area contributed by atoms with Crippen LogP contribution >= 0.6 is 15.9 Å². The van der Waals surface area contributed by atoms with Gasteiger partial charge in [0.05, 0.1) is 7.11 Å². The van der Waals surface area contributed by atoms with Crippen LogP contribution in [0.4, 0.5) is 5.69 Å². The van der Waals surface area contributed by atoms with E-state index in [0.29, 0.717) is 6.42 Å². The molecule has 102 valence electrons. The molecule has 0 aliphatic rings. The number of carbonyl (C=O) groups is 1. The van der Waals surface area contributed by atoms with Gasteiger partial charge in [-0.05, 0) is 24.6 Å². The molecule has 4 heteroatoms. The van der Waals surface area contributed by atoms with E-state index in [9.17, 15) is 4.79 Å². The third-order valence-electron chi connectivity index (χ3n) is 2.31. The van der Waals surface area contributed by atoms with Gasteiger partial charge in [-0.25, -0.2) is 0 Å². The first-order valence-electron chi connectivity index (χ1n) is 6.18. The standard InChI is InChI=1S/C8H16O2.C6H6BrN/c1-3-4-5-6-7-8(9)10-2;7-5-2-1-3-6(8)4-5/h3-7H2,1-2H3;1-4H,8H2. The number of benzene rings is 1. The molecule has 0 heterocycles. The molecule has 1 aromatic carbocycles. The number of unbranched alkanes of at least 4 members (excludes halogenated alkanes) is 3. The van der Waals surface area contributed by atoms with Gasteiger partial charge >= 0.3 is 5.97 Å². The molecule has 0 radical (unpaired) electrons. The molecule has 3 nitrogen and oxygen atoms in total. The maximum absolute atomic E-state index is 10.6. The van der Waals surface area contributed by atoms with Gasteiger partial charge in [-0.1, -0.05) is 48.2 Å². The minimum Gasteiger partial charge on any atom is -0.469 e. The fraction of sp³-hybridized carbons (Fsp3) is 0.500. The summed E-state index contributed by atoms with van der Waals surface area (Å²) in [6, 6.07) is 7.56. The number of halogens is 1. The summed E-state index contributed by atoms with van der Waals surface area (Å²) in [5.41, 5.74) is 6.22. The zero-order valence-corrected chi connectivity index (χ0v) is 12.7. The van der Waals surface area contributed by atoms with Crippen LogP contribution < -0.4 is 5.73 Å². The number of ether oxygens (including phenoxy) is 1. The van der Waals surface area contributed by atoms with Gasteiger partial charge in [0.2, 0.25) is 0 Å². The number of hydrogen-bond acceptors (Lipinski definition) is 3. The largest absolute Gasteiger partial charge is 0.469 e. The molecule has 0 spiro atoms. The Bertz CT molecular complexity index is 325. The summed E-state index contributed by atoms with van der Waals surface area (Å²) >= 11 is 3.28. The van der Waals surface area contributed by atoms with Gasteiger partial charge in [0.1, 0.15) is 0 Å². The van der Waals surface area contributed by atoms with Crippen LogP contribution in [0.1, 0.15) is 39.0 Å². The molecule has 0 fully saturated rings. The molecule has 0 unspecified atom stereocenters. The quantitative estimate of drug-likeness (QED) is 0.504. The Balaban J connectivity index is 0.000000327. The number of hydrogen-bond donors (Lipinski definition) is 1. The first kappa shape index (κ1) is 17.0. The van der Waals surface area contributed by atoms with Crippen LogP contribution in [-0.2, 0) is 9.53 Å². The van der Waals surface area contributed by atoms with Crippen LogP contribution in [0, 0.1) is 0 Å². The topological polar surface area (TPSA) is 52.3 Å². The SMILES string of the molecule is CCCCCCC(=O)OC.Nc1cccc(Br)c1. The number of nitrogens with two attached hydrogens (primary N) is 1. The second-order valence-corrected chi connectivity index (χ2v) is 4.86. The molecule has 1 rings (SSSR count). The van der Waals surface area contributed by atoms with Crippen molar-refractivity contribution in [2.45, 2.75) is 39.0 Å². The smallest absolute Gasteiger partial charge is 0.305 e. The van der Waals surface area contributed by atoms with Gasteiger partial charge < -0.3 is 10.5 Å². The predicted molar refractivity (Wildman–Crippen MR) is 79.3 cm³/mol. The normalized spacial score (nSPS) is 9.28. The van der Waals surface area contributed by atoms with Crippen molar-refractivity contribution in [3.63, 3.8) is 0 Å². The fourth-order valence-corrected chi connectivity index (χ4v) is 1.72. The number of rotatable bonds is 5. The van der Waals surface area contributed by atoms with Crippen LogP contribution in [0.5, 0.6) is 0 Å². The van der Waals surface area contributed by atoms with E-state index in [4.69, 9.17) is 5.73 Å². The number of carbonyl (C=O) groups excluding carboxylic acids is 1. The minimum atomic E-state index is -0.0869. The van der Waals surface area contributed by atoms with E-state index in [0.717, 1.165) is 23.0 Å². The fourth-order valence-electron chi connectivity index (χ4n) is 1.30. The first-order chi connectivity index (χ1) is 8.60. The molecule has 2 N–H and O–H groups in total. The molecule has 0 bridgehead atoms. The molecule has 18 heavy (non-hydrogen) atoms. The lowest BCUT2D eigenvalue weighted by molar-refractivity contribution is -0.140. The van der Waals surface area contributed by atoms with E-state index in [1.54, 1.807) is 0 Å². The van der Waals surface area contributed by atoms with Crippen molar-refractivity contribution in [2.75, 3.05) is 12.8 Å². The van der Waals surface area contributed by atoms with Crippen LogP contribution in [0.25, 0.3) is 0 Å². The summed E-state index contributed by atoms with van der Waals surface area (Å²) in [7, 11) is 1.43. The van der Waals surface area contributed by atoms with Crippen molar-refractivity contribution in [3.8, 4) is 0 Å². The lowest BCUT2D eigenvalue weighted by Gasteiger charge is -1.97. The molecule has 0 saturated heterocycles. The molecular weight excluding hydrogens is 294 g/mol. The van der Waals surface area contributed by atoms with Crippen LogP contribution in [0.3, 0.4) is 0 Å². The molecule has 1 aromatic rings. The average Bonchev–Trinajstić information content (AvgIpc) is 2.35. The van der Waals surface area contributed by atoms with E-state index < -0.39 is 0 Å². The minimum absolute atomic E-state index is 0.0869. The van der Waals surface area contributed by atoms with E-state index in [1.807, 2.05) is 24.3 Å². The Morgan fingerprint density at radius 3 is 2.50 bits per heavy atom. The van der Waals surface area contributed by atoms with Gasteiger partial charge in [-0.15, -0.1) is 0 Å². The van der Waals surface area contributed by atoms with Crippen molar-refractivity contribution in [2.24, 2.45) is 0 Å². The van der Waals surface area contributed by atoms with Crippen molar-refractivity contribution in [3.05, 3.63) is 28.7 Å². The van der Waals surface area contributed by atoms with Crippen LogP contribution in [-0.4, -0.2) is 13.1 Å². The summed E-state index contributed by atoms with van der Waals surface area (Å²) in [4.78, 5) is 10.6. The monoisotopic (exact) mass is 315 g/mol. The second kappa shape index (κ2) is 11.1. The number of methoxy groups -OCH3 is 1. The zero-order chi connectivity index (χ0) is 13.8. The van der Waals surface area contributed by atoms with E-state index in [2.05, 4.69) is 27.6 Å². The van der Waals surface area contributed by atoms with Crippen LogP contribution in [0.2, 0.25) is 0 Å². The molecule has 0 atom stereocenters. The van der Waals surface area contributed by atoms with Gasteiger partial charge in [0.15, 0.2) is 0 Å². The van der Waals surface area contributed by atoms with Crippen molar-refractivity contribution >= 4 is 27.6 Å². The van der Waals surface area contributed by atoms with E-state index in [1.165, 1.54) is 20.0 Å².